The maximum absolute atomic E-state index is 6.07. The lowest BCUT2D eigenvalue weighted by Crippen LogP contribution is -2.38. The summed E-state index contributed by atoms with van der Waals surface area (Å²) >= 11 is 0. The van der Waals surface area contributed by atoms with E-state index in [0.717, 1.165) is 51.6 Å². The number of morpholine rings is 1. The Balaban J connectivity index is 1.72. The Kier molecular flexibility index (Phi) is 7.08. The molecule has 0 unspecified atom stereocenters. The molecule has 3 heteroatoms. The average molecular weight is 366 g/mol. The molecule has 0 spiro atoms. The molecule has 0 amide bonds. The molecule has 2 aromatic rings. The van der Waals surface area contributed by atoms with Gasteiger partial charge in [0.1, 0.15) is 12.4 Å². The van der Waals surface area contributed by atoms with Gasteiger partial charge in [-0.15, -0.1) is 0 Å². The quantitative estimate of drug-likeness (QED) is 0.694. The molecular weight excluding hydrogens is 334 g/mol. The molecule has 1 heterocycles. The summed E-state index contributed by atoms with van der Waals surface area (Å²) in [5, 5.41) is 0. The summed E-state index contributed by atoms with van der Waals surface area (Å²) in [6.45, 7) is 11.9. The summed E-state index contributed by atoms with van der Waals surface area (Å²) in [4.78, 5) is 2.40. The molecule has 3 nitrogen and oxygen atoms in total. The van der Waals surface area contributed by atoms with E-state index in [1.54, 1.807) is 0 Å². The number of aryl methyl sites for hydroxylation is 1. The Morgan fingerprint density at radius 2 is 1.78 bits per heavy atom. The molecule has 1 aliphatic rings. The molecule has 0 N–H and O–H groups in total. The molecule has 0 saturated carbocycles. The highest BCUT2D eigenvalue weighted by Crippen LogP contribution is 2.31. The molecule has 144 valence electrons. The first kappa shape index (κ1) is 19.7. The maximum atomic E-state index is 6.07. The lowest BCUT2D eigenvalue weighted by atomic mass is 9.91. The van der Waals surface area contributed by atoms with Crippen molar-refractivity contribution in [2.24, 2.45) is 0 Å². The fourth-order valence-electron chi connectivity index (χ4n) is 3.52. The van der Waals surface area contributed by atoms with Crippen LogP contribution in [-0.2, 0) is 4.74 Å². The van der Waals surface area contributed by atoms with Crippen LogP contribution in [0.15, 0.2) is 54.1 Å². The molecule has 0 radical (unpaired) electrons. The Hall–Kier alpha value is -2.10. The van der Waals surface area contributed by atoms with E-state index < -0.39 is 0 Å². The fraction of sp³-hybridized carbons (Fsp3) is 0.417. The van der Waals surface area contributed by atoms with E-state index in [1.165, 1.54) is 27.8 Å². The van der Waals surface area contributed by atoms with E-state index in [0.29, 0.717) is 0 Å². The predicted octanol–water partition coefficient (Wildman–Crippen LogP) is 4.94. The van der Waals surface area contributed by atoms with Crippen molar-refractivity contribution in [3.05, 3.63) is 70.8 Å². The summed E-state index contributed by atoms with van der Waals surface area (Å²) in [6.07, 6.45) is 1.04. The van der Waals surface area contributed by atoms with Crippen LogP contribution in [0.5, 0.6) is 5.75 Å². The summed E-state index contributed by atoms with van der Waals surface area (Å²) < 4.78 is 11.5. The number of hydrogen-bond donors (Lipinski definition) is 0. The first-order chi connectivity index (χ1) is 13.2. The molecule has 27 heavy (non-hydrogen) atoms. The van der Waals surface area contributed by atoms with Crippen LogP contribution < -0.4 is 4.74 Å². The highest BCUT2D eigenvalue weighted by Gasteiger charge is 2.12. The van der Waals surface area contributed by atoms with Crippen LogP contribution in [-0.4, -0.2) is 44.4 Å². The van der Waals surface area contributed by atoms with E-state index in [-0.39, 0.29) is 0 Å². The van der Waals surface area contributed by atoms with Crippen molar-refractivity contribution in [3.63, 3.8) is 0 Å². The van der Waals surface area contributed by atoms with Gasteiger partial charge in [0.15, 0.2) is 0 Å². The molecule has 1 fully saturated rings. The van der Waals surface area contributed by atoms with E-state index in [1.807, 2.05) is 0 Å². The van der Waals surface area contributed by atoms with E-state index in [4.69, 9.17) is 9.47 Å². The number of hydrogen-bond acceptors (Lipinski definition) is 3. The third kappa shape index (κ3) is 5.21. The van der Waals surface area contributed by atoms with Crippen molar-refractivity contribution in [3.8, 4) is 5.75 Å². The monoisotopic (exact) mass is 365 g/mol. The molecular formula is C24H31NO2. The standard InChI is InChI=1S/C24H31NO2/c1-4-19(2)24(21-8-6-5-7-9-21)22-10-11-23(20(3)18-22)27-17-14-25-12-15-26-16-13-25/h5-11,18H,4,12-17H2,1-3H3. The van der Waals surface area contributed by atoms with Crippen molar-refractivity contribution < 1.29 is 9.47 Å². The van der Waals surface area contributed by atoms with Gasteiger partial charge >= 0.3 is 0 Å². The largest absolute Gasteiger partial charge is 0.492 e. The van der Waals surface area contributed by atoms with Crippen LogP contribution in [0.4, 0.5) is 0 Å². The Bertz CT molecular complexity index is 761. The zero-order chi connectivity index (χ0) is 19.1. The smallest absolute Gasteiger partial charge is 0.122 e. The summed E-state index contributed by atoms with van der Waals surface area (Å²) in [6, 6.07) is 17.2. The summed E-state index contributed by atoms with van der Waals surface area (Å²) in [5.74, 6) is 0.980. The first-order valence-electron chi connectivity index (χ1n) is 9.98. The normalized spacial score (nSPS) is 16.1. The number of rotatable bonds is 7. The predicted molar refractivity (Wildman–Crippen MR) is 112 cm³/mol. The zero-order valence-corrected chi connectivity index (χ0v) is 16.8. The summed E-state index contributed by atoms with van der Waals surface area (Å²) in [5.41, 5.74) is 6.46. The Morgan fingerprint density at radius 1 is 1.04 bits per heavy atom. The van der Waals surface area contributed by atoms with Crippen LogP contribution in [0.2, 0.25) is 0 Å². The van der Waals surface area contributed by atoms with Crippen molar-refractivity contribution in [1.82, 2.24) is 4.90 Å². The minimum absolute atomic E-state index is 0.718. The minimum atomic E-state index is 0.718. The van der Waals surface area contributed by atoms with Gasteiger partial charge in [-0.1, -0.05) is 48.9 Å². The lowest BCUT2D eigenvalue weighted by molar-refractivity contribution is 0.0322. The second-order valence-corrected chi connectivity index (χ2v) is 7.16. The average Bonchev–Trinajstić information content (AvgIpc) is 2.71. The van der Waals surface area contributed by atoms with Crippen LogP contribution >= 0.6 is 0 Å². The second kappa shape index (κ2) is 9.72. The van der Waals surface area contributed by atoms with Crippen LogP contribution in [0.25, 0.3) is 5.57 Å². The highest BCUT2D eigenvalue weighted by molar-refractivity contribution is 5.82. The molecule has 1 saturated heterocycles. The van der Waals surface area contributed by atoms with Gasteiger partial charge in [-0.3, -0.25) is 4.90 Å². The van der Waals surface area contributed by atoms with Gasteiger partial charge in [0.2, 0.25) is 0 Å². The van der Waals surface area contributed by atoms with E-state index >= 15 is 0 Å². The Labute approximate surface area is 163 Å². The SMILES string of the molecule is CCC(C)=C(c1ccccc1)c1ccc(OCCN2CCOCC2)c(C)c1. The van der Waals surface area contributed by atoms with Crippen molar-refractivity contribution in [2.75, 3.05) is 39.5 Å². The van der Waals surface area contributed by atoms with Crippen molar-refractivity contribution >= 4 is 5.57 Å². The number of nitrogens with zero attached hydrogens (tertiary/aromatic N) is 1. The molecule has 1 aliphatic heterocycles. The molecule has 3 rings (SSSR count). The highest BCUT2D eigenvalue weighted by atomic mass is 16.5. The first-order valence-corrected chi connectivity index (χ1v) is 9.98. The van der Waals surface area contributed by atoms with Crippen molar-refractivity contribution in [2.45, 2.75) is 27.2 Å². The maximum Gasteiger partial charge on any atom is 0.122 e. The number of benzene rings is 2. The fourth-order valence-corrected chi connectivity index (χ4v) is 3.52. The second-order valence-electron chi connectivity index (χ2n) is 7.16. The lowest BCUT2D eigenvalue weighted by Gasteiger charge is -2.26. The molecule has 0 atom stereocenters. The third-order valence-electron chi connectivity index (χ3n) is 5.25. The van der Waals surface area contributed by atoms with Crippen LogP contribution in [0, 0.1) is 6.92 Å². The topological polar surface area (TPSA) is 21.7 Å². The van der Waals surface area contributed by atoms with Crippen molar-refractivity contribution in [1.29, 1.82) is 0 Å². The number of ether oxygens (including phenoxy) is 2. The van der Waals surface area contributed by atoms with Gasteiger partial charge in [-0.2, -0.15) is 0 Å². The van der Waals surface area contributed by atoms with E-state index in [2.05, 4.69) is 74.2 Å². The van der Waals surface area contributed by atoms with Gasteiger partial charge in [-0.05, 0) is 54.7 Å². The molecule has 2 aromatic carbocycles. The van der Waals surface area contributed by atoms with Gasteiger partial charge in [-0.25, -0.2) is 0 Å². The van der Waals surface area contributed by atoms with E-state index in [9.17, 15) is 0 Å². The van der Waals surface area contributed by atoms with Gasteiger partial charge in [0, 0.05) is 19.6 Å². The zero-order valence-electron chi connectivity index (χ0n) is 16.8. The molecule has 0 bridgehead atoms. The molecule has 0 aliphatic carbocycles. The van der Waals surface area contributed by atoms with Gasteiger partial charge < -0.3 is 9.47 Å². The van der Waals surface area contributed by atoms with Gasteiger partial charge in [0.05, 0.1) is 13.2 Å². The Morgan fingerprint density at radius 3 is 2.44 bits per heavy atom. The molecule has 0 aromatic heterocycles. The summed E-state index contributed by atoms with van der Waals surface area (Å²) in [7, 11) is 0. The minimum Gasteiger partial charge on any atom is -0.492 e. The third-order valence-corrected chi connectivity index (χ3v) is 5.25. The van der Waals surface area contributed by atoms with Crippen LogP contribution in [0.3, 0.4) is 0 Å². The number of allylic oxidation sites excluding steroid dienone is 1. The van der Waals surface area contributed by atoms with Gasteiger partial charge in [0.25, 0.3) is 0 Å². The van der Waals surface area contributed by atoms with Crippen LogP contribution in [0.1, 0.15) is 37.0 Å².